The summed E-state index contributed by atoms with van der Waals surface area (Å²) < 4.78 is 32.1. The molecule has 1 aromatic rings. The molecular formula is C14H24N4O4S. The molecule has 1 fully saturated rings. The first-order valence-corrected chi connectivity index (χ1v) is 9.38. The van der Waals surface area contributed by atoms with Crippen LogP contribution in [0.1, 0.15) is 30.3 Å². The van der Waals surface area contributed by atoms with E-state index in [1.54, 1.807) is 16.9 Å². The summed E-state index contributed by atoms with van der Waals surface area (Å²) in [5.41, 5.74) is 0.530. The first kappa shape index (κ1) is 17.9. The Labute approximate surface area is 136 Å². The number of nitrogens with one attached hydrogen (secondary N) is 1. The molecule has 2 rings (SSSR count). The highest BCUT2D eigenvalue weighted by Crippen LogP contribution is 2.15. The van der Waals surface area contributed by atoms with Crippen LogP contribution in [-0.4, -0.2) is 67.0 Å². The van der Waals surface area contributed by atoms with Crippen molar-refractivity contribution in [2.75, 3.05) is 32.6 Å². The number of carbonyl (C=O) groups is 1. The summed E-state index contributed by atoms with van der Waals surface area (Å²) in [6.07, 6.45) is 2.82. The van der Waals surface area contributed by atoms with Crippen molar-refractivity contribution in [3.05, 3.63) is 18.0 Å². The summed E-state index contributed by atoms with van der Waals surface area (Å²) in [4.78, 5) is 12.3. The molecule has 1 aromatic heterocycles. The Balaban J connectivity index is 1.86. The van der Waals surface area contributed by atoms with Crippen molar-refractivity contribution in [1.29, 1.82) is 0 Å². The van der Waals surface area contributed by atoms with Gasteiger partial charge in [0, 0.05) is 39.0 Å². The molecule has 1 saturated heterocycles. The lowest BCUT2D eigenvalue weighted by molar-refractivity contribution is 0.0913. The van der Waals surface area contributed by atoms with E-state index in [4.69, 9.17) is 4.74 Å². The summed E-state index contributed by atoms with van der Waals surface area (Å²) in [6, 6.07) is 1.67. The highest BCUT2D eigenvalue weighted by atomic mass is 32.2. The van der Waals surface area contributed by atoms with Gasteiger partial charge in [-0.2, -0.15) is 5.10 Å². The highest BCUT2D eigenvalue weighted by molar-refractivity contribution is 7.89. The Hall–Kier alpha value is -1.45. The Bertz CT molecular complexity index is 620. The van der Waals surface area contributed by atoms with Crippen molar-refractivity contribution >= 4 is 15.9 Å². The monoisotopic (exact) mass is 344 g/mol. The van der Waals surface area contributed by atoms with Crippen LogP contribution in [0.2, 0.25) is 0 Å². The third-order valence-electron chi connectivity index (χ3n) is 3.98. The van der Waals surface area contributed by atoms with Gasteiger partial charge in [0.1, 0.15) is 5.69 Å². The van der Waals surface area contributed by atoms with Crippen molar-refractivity contribution < 1.29 is 17.9 Å². The van der Waals surface area contributed by atoms with Gasteiger partial charge in [0.05, 0.1) is 12.4 Å². The van der Waals surface area contributed by atoms with E-state index in [0.29, 0.717) is 38.2 Å². The fourth-order valence-electron chi connectivity index (χ4n) is 2.63. The van der Waals surface area contributed by atoms with Gasteiger partial charge in [-0.15, -0.1) is 0 Å². The van der Waals surface area contributed by atoms with Gasteiger partial charge in [-0.05, 0) is 25.8 Å². The molecule has 2 heterocycles. The molecule has 0 radical (unpaired) electrons. The molecule has 0 bridgehead atoms. The van der Waals surface area contributed by atoms with Gasteiger partial charge >= 0.3 is 0 Å². The zero-order chi connectivity index (χ0) is 16.9. The third-order valence-corrected chi connectivity index (χ3v) is 5.81. The molecule has 130 valence electrons. The lowest BCUT2D eigenvalue weighted by Gasteiger charge is -2.31. The predicted octanol–water partition coefficient (Wildman–Crippen LogP) is 0.0734. The lowest BCUT2D eigenvalue weighted by atomic mass is 10.1. The summed E-state index contributed by atoms with van der Waals surface area (Å²) in [7, 11) is -1.79. The van der Waals surface area contributed by atoms with E-state index in [-0.39, 0.29) is 24.3 Å². The number of rotatable bonds is 7. The summed E-state index contributed by atoms with van der Waals surface area (Å²) in [6.45, 7) is 3.59. The Morgan fingerprint density at radius 1 is 1.43 bits per heavy atom. The summed E-state index contributed by atoms with van der Waals surface area (Å²) >= 11 is 0. The van der Waals surface area contributed by atoms with E-state index >= 15 is 0 Å². The fourth-order valence-corrected chi connectivity index (χ4v) is 4.04. The number of methoxy groups -OCH3 is 1. The molecule has 8 nitrogen and oxygen atoms in total. The molecule has 1 N–H and O–H groups in total. The molecule has 1 aliphatic rings. The zero-order valence-corrected chi connectivity index (χ0v) is 14.4. The number of ether oxygens (including phenoxy) is 1. The normalized spacial score (nSPS) is 17.3. The summed E-state index contributed by atoms with van der Waals surface area (Å²) in [5, 5.41) is 7.04. The fraction of sp³-hybridized carbons (Fsp3) is 0.714. The van der Waals surface area contributed by atoms with E-state index in [1.165, 1.54) is 11.4 Å². The molecule has 0 atom stereocenters. The predicted molar refractivity (Wildman–Crippen MR) is 85.6 cm³/mol. The molecule has 1 amide bonds. The van der Waals surface area contributed by atoms with Gasteiger partial charge in [-0.25, -0.2) is 12.7 Å². The minimum Gasteiger partial charge on any atom is -0.384 e. The minimum atomic E-state index is -3.27. The molecule has 0 aliphatic carbocycles. The molecular weight excluding hydrogens is 320 g/mol. The number of piperidine rings is 1. The van der Waals surface area contributed by atoms with Crippen LogP contribution < -0.4 is 5.32 Å². The Morgan fingerprint density at radius 3 is 2.74 bits per heavy atom. The molecule has 1 aliphatic heterocycles. The van der Waals surface area contributed by atoms with Crippen LogP contribution in [0.4, 0.5) is 0 Å². The second kappa shape index (κ2) is 7.89. The lowest BCUT2D eigenvalue weighted by Crippen LogP contribution is -2.47. The number of aryl methyl sites for hydroxylation is 1. The van der Waals surface area contributed by atoms with Gasteiger partial charge < -0.3 is 10.1 Å². The number of hydrogen-bond acceptors (Lipinski definition) is 5. The molecule has 23 heavy (non-hydrogen) atoms. The first-order chi connectivity index (χ1) is 11.0. The number of carbonyl (C=O) groups excluding carboxylic acids is 1. The maximum atomic E-state index is 12.3. The number of aromatic nitrogens is 2. The third kappa shape index (κ3) is 4.52. The average molecular weight is 344 g/mol. The zero-order valence-electron chi connectivity index (χ0n) is 13.6. The molecule has 0 unspecified atom stereocenters. The van der Waals surface area contributed by atoms with Crippen molar-refractivity contribution in [3.63, 3.8) is 0 Å². The second-order valence-electron chi connectivity index (χ2n) is 5.49. The SMILES string of the molecule is CCn1nccc1C(=O)NC1CCN(S(=O)(=O)CCOC)CC1. The Morgan fingerprint density at radius 2 is 2.13 bits per heavy atom. The maximum Gasteiger partial charge on any atom is 0.269 e. The van der Waals surface area contributed by atoms with Crippen molar-refractivity contribution in [1.82, 2.24) is 19.4 Å². The van der Waals surface area contributed by atoms with Crippen molar-refractivity contribution in [2.45, 2.75) is 32.4 Å². The van der Waals surface area contributed by atoms with Crippen LogP contribution in [-0.2, 0) is 21.3 Å². The van der Waals surface area contributed by atoms with Gasteiger partial charge in [0.15, 0.2) is 0 Å². The van der Waals surface area contributed by atoms with Crippen LogP contribution in [0.15, 0.2) is 12.3 Å². The number of hydrogen-bond donors (Lipinski definition) is 1. The van der Waals surface area contributed by atoms with Crippen molar-refractivity contribution in [3.8, 4) is 0 Å². The van der Waals surface area contributed by atoms with Gasteiger partial charge in [0.25, 0.3) is 5.91 Å². The Kier molecular flexibility index (Phi) is 6.14. The first-order valence-electron chi connectivity index (χ1n) is 7.77. The quantitative estimate of drug-likeness (QED) is 0.756. The number of sulfonamides is 1. The molecule has 0 saturated carbocycles. The second-order valence-corrected chi connectivity index (χ2v) is 7.58. The van der Waals surface area contributed by atoms with E-state index in [2.05, 4.69) is 10.4 Å². The minimum absolute atomic E-state index is 0.00376. The standard InChI is InChI=1S/C14H24N4O4S/c1-3-18-13(4-7-15-18)14(19)16-12-5-8-17(9-6-12)23(20,21)11-10-22-2/h4,7,12H,3,5-6,8-11H2,1-2H3,(H,16,19). The number of amides is 1. The largest absolute Gasteiger partial charge is 0.384 e. The van der Waals surface area contributed by atoms with Crippen molar-refractivity contribution in [2.24, 2.45) is 0 Å². The smallest absolute Gasteiger partial charge is 0.269 e. The molecule has 0 spiro atoms. The van der Waals surface area contributed by atoms with E-state index in [0.717, 1.165) is 0 Å². The van der Waals surface area contributed by atoms with Gasteiger partial charge in [0.2, 0.25) is 10.0 Å². The van der Waals surface area contributed by atoms with Crippen LogP contribution in [0.25, 0.3) is 0 Å². The van der Waals surface area contributed by atoms with Gasteiger partial charge in [-0.3, -0.25) is 9.48 Å². The highest BCUT2D eigenvalue weighted by Gasteiger charge is 2.28. The van der Waals surface area contributed by atoms with Crippen LogP contribution in [0.5, 0.6) is 0 Å². The van der Waals surface area contributed by atoms with Gasteiger partial charge in [-0.1, -0.05) is 0 Å². The van der Waals surface area contributed by atoms with Crippen LogP contribution in [0, 0.1) is 0 Å². The summed E-state index contributed by atoms with van der Waals surface area (Å²) in [5.74, 6) is -0.166. The van der Waals surface area contributed by atoms with E-state index in [9.17, 15) is 13.2 Å². The van der Waals surface area contributed by atoms with Crippen LogP contribution >= 0.6 is 0 Å². The topological polar surface area (TPSA) is 93.5 Å². The van der Waals surface area contributed by atoms with E-state index in [1.807, 2.05) is 6.92 Å². The van der Waals surface area contributed by atoms with Crippen LogP contribution in [0.3, 0.4) is 0 Å². The average Bonchev–Trinajstić information content (AvgIpc) is 3.02. The maximum absolute atomic E-state index is 12.3. The molecule has 0 aromatic carbocycles. The van der Waals surface area contributed by atoms with E-state index < -0.39 is 10.0 Å². The number of nitrogens with zero attached hydrogens (tertiary/aromatic N) is 3. The molecule has 9 heteroatoms.